The van der Waals surface area contributed by atoms with Crippen molar-refractivity contribution in [1.82, 2.24) is 20.2 Å². The number of hydrogen-bond acceptors (Lipinski definition) is 4. The largest absolute Gasteiger partial charge is 0.370 e. The third kappa shape index (κ3) is 2.70. The minimum atomic E-state index is 0.532. The molecule has 2 heterocycles. The number of quaternary nitrogens is 1. The van der Waals surface area contributed by atoms with E-state index in [0.717, 1.165) is 38.7 Å². The maximum Gasteiger partial charge on any atom is 0.206 e. The molecule has 1 N–H and O–H groups in total. The Morgan fingerprint density at radius 1 is 1.17 bits per heavy atom. The standard InChI is InChI=1S/C12H21N5O/c1-2-4-11(5-3-1)17-12(13-14-15-17)10-16-6-8-18-9-7-16/h11H,1-10H2/p+1. The van der Waals surface area contributed by atoms with E-state index in [-0.39, 0.29) is 0 Å². The van der Waals surface area contributed by atoms with Gasteiger partial charge in [-0.1, -0.05) is 19.3 Å². The maximum absolute atomic E-state index is 5.39. The molecule has 2 fully saturated rings. The minimum absolute atomic E-state index is 0.532. The molecule has 0 atom stereocenters. The molecule has 1 aliphatic heterocycles. The van der Waals surface area contributed by atoms with Crippen LogP contribution >= 0.6 is 0 Å². The highest BCUT2D eigenvalue weighted by Gasteiger charge is 2.23. The summed E-state index contributed by atoms with van der Waals surface area (Å²) in [6, 6.07) is 0.532. The second kappa shape index (κ2) is 5.75. The number of tetrazole rings is 1. The Labute approximate surface area is 107 Å². The lowest BCUT2D eigenvalue weighted by Gasteiger charge is -2.25. The van der Waals surface area contributed by atoms with Gasteiger partial charge in [0.25, 0.3) is 0 Å². The zero-order valence-corrected chi connectivity index (χ0v) is 10.8. The monoisotopic (exact) mass is 252 g/mol. The van der Waals surface area contributed by atoms with Gasteiger partial charge in [-0.05, 0) is 23.3 Å². The van der Waals surface area contributed by atoms with Crippen molar-refractivity contribution in [3.05, 3.63) is 5.82 Å². The van der Waals surface area contributed by atoms with Gasteiger partial charge in [-0.15, -0.1) is 5.10 Å². The van der Waals surface area contributed by atoms with Gasteiger partial charge in [-0.2, -0.15) is 0 Å². The van der Waals surface area contributed by atoms with Crippen LogP contribution in [0.15, 0.2) is 0 Å². The van der Waals surface area contributed by atoms with E-state index in [1.807, 2.05) is 0 Å². The van der Waals surface area contributed by atoms with E-state index < -0.39 is 0 Å². The van der Waals surface area contributed by atoms with Gasteiger partial charge < -0.3 is 9.64 Å². The van der Waals surface area contributed by atoms with E-state index in [9.17, 15) is 0 Å². The molecule has 6 heteroatoms. The summed E-state index contributed by atoms with van der Waals surface area (Å²) in [6.07, 6.45) is 6.46. The van der Waals surface area contributed by atoms with Gasteiger partial charge in [0.2, 0.25) is 5.82 Å². The summed E-state index contributed by atoms with van der Waals surface area (Å²) < 4.78 is 7.47. The van der Waals surface area contributed by atoms with Gasteiger partial charge in [0, 0.05) is 0 Å². The van der Waals surface area contributed by atoms with Crippen molar-refractivity contribution in [3.63, 3.8) is 0 Å². The maximum atomic E-state index is 5.39. The molecular weight excluding hydrogens is 230 g/mol. The summed E-state index contributed by atoms with van der Waals surface area (Å²) in [6.45, 7) is 4.79. The number of aromatic nitrogens is 4. The molecular formula is C12H22N5O+. The lowest BCUT2D eigenvalue weighted by atomic mass is 9.95. The summed E-state index contributed by atoms with van der Waals surface area (Å²) >= 11 is 0. The van der Waals surface area contributed by atoms with Crippen molar-refractivity contribution in [2.45, 2.75) is 44.7 Å². The number of rotatable bonds is 3. The molecule has 6 nitrogen and oxygen atoms in total. The zero-order valence-electron chi connectivity index (χ0n) is 10.8. The van der Waals surface area contributed by atoms with Crippen molar-refractivity contribution < 1.29 is 9.64 Å². The van der Waals surface area contributed by atoms with Crippen LogP contribution in [0.25, 0.3) is 0 Å². The SMILES string of the molecule is C1CCC(n2nnnc2C[NH+]2CCOCC2)CC1. The minimum Gasteiger partial charge on any atom is -0.370 e. The molecule has 0 radical (unpaired) electrons. The van der Waals surface area contributed by atoms with Crippen LogP contribution in [0.4, 0.5) is 0 Å². The molecule has 0 unspecified atom stereocenters. The van der Waals surface area contributed by atoms with Crippen molar-refractivity contribution in [1.29, 1.82) is 0 Å². The van der Waals surface area contributed by atoms with Crippen molar-refractivity contribution in [2.75, 3.05) is 26.3 Å². The second-order valence-corrected chi connectivity index (χ2v) is 5.37. The molecule has 0 spiro atoms. The second-order valence-electron chi connectivity index (χ2n) is 5.37. The summed E-state index contributed by atoms with van der Waals surface area (Å²) in [7, 11) is 0. The molecule has 0 aromatic carbocycles. The van der Waals surface area contributed by atoms with Crippen molar-refractivity contribution >= 4 is 0 Å². The molecule has 2 aliphatic rings. The normalized spacial score (nSPS) is 23.3. The Morgan fingerprint density at radius 2 is 1.94 bits per heavy atom. The highest BCUT2D eigenvalue weighted by atomic mass is 16.5. The van der Waals surface area contributed by atoms with Gasteiger partial charge in [0.15, 0.2) is 0 Å². The first-order valence-corrected chi connectivity index (χ1v) is 7.11. The quantitative estimate of drug-likeness (QED) is 0.795. The van der Waals surface area contributed by atoms with Gasteiger partial charge in [0.05, 0.1) is 19.3 Å². The molecule has 1 aliphatic carbocycles. The van der Waals surface area contributed by atoms with Crippen molar-refractivity contribution in [3.8, 4) is 0 Å². The van der Waals surface area contributed by atoms with E-state index in [1.165, 1.54) is 37.0 Å². The Hall–Kier alpha value is -1.01. The van der Waals surface area contributed by atoms with Crippen LogP contribution in [0.2, 0.25) is 0 Å². The number of ether oxygens (including phenoxy) is 1. The van der Waals surface area contributed by atoms with Crippen LogP contribution in [-0.2, 0) is 11.3 Å². The molecule has 18 heavy (non-hydrogen) atoms. The highest BCUT2D eigenvalue weighted by molar-refractivity contribution is 4.83. The predicted molar refractivity (Wildman–Crippen MR) is 65.2 cm³/mol. The zero-order chi connectivity index (χ0) is 12.2. The number of nitrogens with one attached hydrogen (secondary N) is 1. The molecule has 100 valence electrons. The lowest BCUT2D eigenvalue weighted by molar-refractivity contribution is -0.922. The number of hydrogen-bond donors (Lipinski definition) is 1. The average molecular weight is 252 g/mol. The molecule has 1 saturated heterocycles. The lowest BCUT2D eigenvalue weighted by Crippen LogP contribution is -3.12. The molecule has 1 aromatic rings. The van der Waals surface area contributed by atoms with E-state index in [4.69, 9.17) is 4.74 Å². The van der Waals surface area contributed by atoms with Crippen LogP contribution in [0.3, 0.4) is 0 Å². The number of morpholine rings is 1. The first kappa shape index (κ1) is 12.0. The smallest absolute Gasteiger partial charge is 0.206 e. The fourth-order valence-corrected chi connectivity index (χ4v) is 3.00. The van der Waals surface area contributed by atoms with Crippen LogP contribution in [0.1, 0.15) is 44.0 Å². The van der Waals surface area contributed by atoms with Crippen LogP contribution in [0, 0.1) is 0 Å². The van der Waals surface area contributed by atoms with Gasteiger partial charge in [-0.3, -0.25) is 0 Å². The Bertz CT molecular complexity index is 368. The van der Waals surface area contributed by atoms with Gasteiger partial charge in [-0.25, -0.2) is 4.68 Å². The van der Waals surface area contributed by atoms with Crippen molar-refractivity contribution in [2.24, 2.45) is 0 Å². The summed E-state index contributed by atoms with van der Waals surface area (Å²) in [5, 5.41) is 12.3. The highest BCUT2D eigenvalue weighted by Crippen LogP contribution is 2.27. The summed E-state index contributed by atoms with van der Waals surface area (Å²) in [5.74, 6) is 1.05. The molecule has 1 saturated carbocycles. The molecule has 0 bridgehead atoms. The van der Waals surface area contributed by atoms with Gasteiger partial charge >= 0.3 is 0 Å². The predicted octanol–water partition coefficient (Wildman–Crippen LogP) is -0.407. The van der Waals surface area contributed by atoms with Crippen LogP contribution in [0.5, 0.6) is 0 Å². The van der Waals surface area contributed by atoms with E-state index in [2.05, 4.69) is 20.2 Å². The first-order valence-electron chi connectivity index (χ1n) is 7.11. The Kier molecular flexibility index (Phi) is 3.85. The van der Waals surface area contributed by atoms with Crippen LogP contribution < -0.4 is 4.90 Å². The molecule has 1 aromatic heterocycles. The Balaban J connectivity index is 1.66. The Morgan fingerprint density at radius 3 is 2.72 bits per heavy atom. The third-order valence-corrected chi connectivity index (χ3v) is 4.09. The van der Waals surface area contributed by atoms with Crippen LogP contribution in [-0.4, -0.2) is 46.5 Å². The fourth-order valence-electron chi connectivity index (χ4n) is 3.00. The first-order chi connectivity index (χ1) is 8.93. The van der Waals surface area contributed by atoms with E-state index >= 15 is 0 Å². The summed E-state index contributed by atoms with van der Waals surface area (Å²) in [5.41, 5.74) is 0. The number of nitrogens with zero attached hydrogens (tertiary/aromatic N) is 4. The van der Waals surface area contributed by atoms with E-state index in [1.54, 1.807) is 0 Å². The molecule has 3 rings (SSSR count). The average Bonchev–Trinajstić information content (AvgIpc) is 2.89. The molecule has 0 amide bonds. The fraction of sp³-hybridized carbons (Fsp3) is 0.917. The third-order valence-electron chi connectivity index (χ3n) is 4.09. The van der Waals surface area contributed by atoms with E-state index in [0.29, 0.717) is 6.04 Å². The van der Waals surface area contributed by atoms with Gasteiger partial charge in [0.1, 0.15) is 19.6 Å². The summed E-state index contributed by atoms with van der Waals surface area (Å²) in [4.78, 5) is 1.54. The topological polar surface area (TPSA) is 57.3 Å².